The van der Waals surface area contributed by atoms with Crippen LogP contribution in [0.2, 0.25) is 0 Å². The van der Waals surface area contributed by atoms with Crippen molar-refractivity contribution in [3.63, 3.8) is 0 Å². The van der Waals surface area contributed by atoms with Gasteiger partial charge in [0, 0.05) is 11.6 Å². The third kappa shape index (κ3) is 2.68. The molecule has 0 heterocycles. The van der Waals surface area contributed by atoms with Crippen LogP contribution in [0.1, 0.15) is 5.56 Å². The van der Waals surface area contributed by atoms with E-state index in [1.54, 1.807) is 7.11 Å². The molecule has 0 aliphatic heterocycles. The van der Waals surface area contributed by atoms with E-state index in [-0.39, 0.29) is 0 Å². The predicted octanol–water partition coefficient (Wildman–Crippen LogP) is 5.14. The summed E-state index contributed by atoms with van der Waals surface area (Å²) in [6.07, 6.45) is 0. The second kappa shape index (κ2) is 5.84. The third-order valence-electron chi connectivity index (χ3n) is 3.59. The van der Waals surface area contributed by atoms with Gasteiger partial charge in [0.05, 0.1) is 7.11 Å². The minimum absolute atomic E-state index is 0.777. The zero-order valence-corrected chi connectivity index (χ0v) is 12.3. The molecule has 0 fully saturated rings. The number of benzene rings is 3. The SMILES string of the molecule is COc1[c]ccc(-c2ccc(C)cc2)c1-c1ccccc1. The minimum atomic E-state index is 0.777. The van der Waals surface area contributed by atoms with Crippen molar-refractivity contribution in [1.29, 1.82) is 0 Å². The van der Waals surface area contributed by atoms with Crippen molar-refractivity contribution >= 4 is 0 Å². The predicted molar refractivity (Wildman–Crippen MR) is 87.4 cm³/mol. The van der Waals surface area contributed by atoms with Gasteiger partial charge in [0.15, 0.2) is 0 Å². The normalized spacial score (nSPS) is 10.4. The topological polar surface area (TPSA) is 9.23 Å². The van der Waals surface area contributed by atoms with Crippen molar-refractivity contribution in [1.82, 2.24) is 0 Å². The molecule has 3 rings (SSSR count). The van der Waals surface area contributed by atoms with Crippen LogP contribution >= 0.6 is 0 Å². The molecule has 1 nitrogen and oxygen atoms in total. The second-order valence-corrected chi connectivity index (χ2v) is 5.03. The molecule has 0 atom stereocenters. The maximum atomic E-state index is 5.53. The molecule has 0 aliphatic rings. The first-order valence-corrected chi connectivity index (χ1v) is 7.01. The standard InChI is InChI=1S/C20H17O/c1-15-11-13-16(14-12-15)18-9-6-10-19(21-2)20(18)17-7-4-3-5-8-17/h3-9,11-14H,1-2H3. The number of ether oxygens (including phenoxy) is 1. The molecule has 0 amide bonds. The maximum absolute atomic E-state index is 5.53. The van der Waals surface area contributed by atoms with Gasteiger partial charge in [-0.3, -0.25) is 0 Å². The van der Waals surface area contributed by atoms with Crippen LogP contribution in [0.15, 0.2) is 66.7 Å². The first-order valence-electron chi connectivity index (χ1n) is 7.01. The van der Waals surface area contributed by atoms with Crippen LogP contribution in [-0.4, -0.2) is 7.11 Å². The fourth-order valence-electron chi connectivity index (χ4n) is 2.50. The van der Waals surface area contributed by atoms with Crippen molar-refractivity contribution in [2.24, 2.45) is 0 Å². The lowest BCUT2D eigenvalue weighted by Crippen LogP contribution is -1.92. The molecule has 0 unspecified atom stereocenters. The van der Waals surface area contributed by atoms with Crippen molar-refractivity contribution in [3.05, 3.63) is 78.4 Å². The minimum Gasteiger partial charge on any atom is -0.495 e. The molecule has 1 radical (unpaired) electrons. The van der Waals surface area contributed by atoms with Crippen LogP contribution in [-0.2, 0) is 0 Å². The van der Waals surface area contributed by atoms with Crippen LogP contribution in [0.25, 0.3) is 22.3 Å². The van der Waals surface area contributed by atoms with Crippen molar-refractivity contribution in [2.45, 2.75) is 6.92 Å². The van der Waals surface area contributed by atoms with Crippen LogP contribution in [0.5, 0.6) is 5.75 Å². The van der Waals surface area contributed by atoms with Crippen molar-refractivity contribution in [3.8, 4) is 28.0 Å². The molecule has 0 aliphatic carbocycles. The second-order valence-electron chi connectivity index (χ2n) is 5.03. The smallest absolute Gasteiger partial charge is 0.135 e. The van der Waals surface area contributed by atoms with Gasteiger partial charge in [0.2, 0.25) is 0 Å². The molecule has 0 saturated heterocycles. The van der Waals surface area contributed by atoms with E-state index in [1.807, 2.05) is 24.3 Å². The highest BCUT2D eigenvalue weighted by Gasteiger charge is 2.12. The lowest BCUT2D eigenvalue weighted by Gasteiger charge is -2.14. The third-order valence-corrected chi connectivity index (χ3v) is 3.59. The summed E-state index contributed by atoms with van der Waals surface area (Å²) in [5.41, 5.74) is 5.84. The van der Waals surface area contributed by atoms with E-state index in [1.165, 1.54) is 11.1 Å². The van der Waals surface area contributed by atoms with Gasteiger partial charge in [0.25, 0.3) is 0 Å². The van der Waals surface area contributed by atoms with Gasteiger partial charge in [-0.2, -0.15) is 0 Å². The van der Waals surface area contributed by atoms with Gasteiger partial charge >= 0.3 is 0 Å². The number of aryl methyl sites for hydroxylation is 1. The van der Waals surface area contributed by atoms with E-state index in [2.05, 4.69) is 55.5 Å². The molecule has 103 valence electrons. The summed E-state index contributed by atoms with van der Waals surface area (Å²) >= 11 is 0. The highest BCUT2D eigenvalue weighted by atomic mass is 16.5. The first-order chi connectivity index (χ1) is 10.3. The number of rotatable bonds is 3. The summed E-state index contributed by atoms with van der Waals surface area (Å²) in [4.78, 5) is 0. The molecule has 3 aromatic rings. The molecule has 0 spiro atoms. The Labute approximate surface area is 125 Å². The largest absolute Gasteiger partial charge is 0.495 e. The highest BCUT2D eigenvalue weighted by Crippen LogP contribution is 2.38. The average Bonchev–Trinajstić information content (AvgIpc) is 2.55. The summed E-state index contributed by atoms with van der Waals surface area (Å²) in [6.45, 7) is 2.10. The molecule has 1 heteroatoms. The van der Waals surface area contributed by atoms with E-state index < -0.39 is 0 Å². The number of hydrogen-bond donors (Lipinski definition) is 0. The quantitative estimate of drug-likeness (QED) is 0.642. The summed E-state index contributed by atoms with van der Waals surface area (Å²) in [7, 11) is 1.69. The highest BCUT2D eigenvalue weighted by molar-refractivity contribution is 5.87. The average molecular weight is 273 g/mol. The zero-order chi connectivity index (χ0) is 14.7. The molecule has 3 aromatic carbocycles. The van der Waals surface area contributed by atoms with Gasteiger partial charge in [-0.05, 0) is 29.7 Å². The van der Waals surface area contributed by atoms with Crippen molar-refractivity contribution < 1.29 is 4.74 Å². The Morgan fingerprint density at radius 1 is 0.810 bits per heavy atom. The molecule has 0 aromatic heterocycles. The fraction of sp³-hybridized carbons (Fsp3) is 0.100. The van der Waals surface area contributed by atoms with Gasteiger partial charge in [-0.1, -0.05) is 66.2 Å². The summed E-state index contributed by atoms with van der Waals surface area (Å²) in [5.74, 6) is 0.777. The molecule has 0 bridgehead atoms. The maximum Gasteiger partial charge on any atom is 0.135 e. The Kier molecular flexibility index (Phi) is 3.74. The lowest BCUT2D eigenvalue weighted by atomic mass is 9.93. The summed E-state index contributed by atoms with van der Waals surface area (Å²) in [6, 6.07) is 26.1. The monoisotopic (exact) mass is 273 g/mol. The van der Waals surface area contributed by atoms with E-state index in [4.69, 9.17) is 4.74 Å². The Morgan fingerprint density at radius 2 is 1.52 bits per heavy atom. The summed E-state index contributed by atoms with van der Waals surface area (Å²) in [5, 5.41) is 0. The Balaban J connectivity index is 2.23. The molecule has 21 heavy (non-hydrogen) atoms. The fourth-order valence-corrected chi connectivity index (χ4v) is 2.50. The molecular formula is C20H17O. The van der Waals surface area contributed by atoms with E-state index >= 15 is 0 Å². The molecule has 0 saturated carbocycles. The van der Waals surface area contributed by atoms with Crippen LogP contribution in [0.4, 0.5) is 0 Å². The van der Waals surface area contributed by atoms with E-state index in [0.717, 1.165) is 22.4 Å². The summed E-state index contributed by atoms with van der Waals surface area (Å²) < 4.78 is 5.53. The van der Waals surface area contributed by atoms with Crippen LogP contribution < -0.4 is 4.74 Å². The first kappa shape index (κ1) is 13.4. The molecule has 0 N–H and O–H groups in total. The van der Waals surface area contributed by atoms with Gasteiger partial charge in [-0.15, -0.1) is 0 Å². The number of methoxy groups -OCH3 is 1. The van der Waals surface area contributed by atoms with Gasteiger partial charge < -0.3 is 4.74 Å². The van der Waals surface area contributed by atoms with Crippen LogP contribution in [0.3, 0.4) is 0 Å². The van der Waals surface area contributed by atoms with Gasteiger partial charge in [0.1, 0.15) is 5.75 Å². The Hall–Kier alpha value is -2.54. The Bertz CT molecular complexity index is 728. The lowest BCUT2D eigenvalue weighted by molar-refractivity contribution is 0.415. The molecular weight excluding hydrogens is 256 g/mol. The van der Waals surface area contributed by atoms with Crippen LogP contribution in [0, 0.1) is 13.0 Å². The van der Waals surface area contributed by atoms with E-state index in [0.29, 0.717) is 0 Å². The zero-order valence-electron chi connectivity index (χ0n) is 12.3. The number of hydrogen-bond acceptors (Lipinski definition) is 1. The van der Waals surface area contributed by atoms with Gasteiger partial charge in [-0.25, -0.2) is 0 Å². The van der Waals surface area contributed by atoms with Crippen molar-refractivity contribution in [2.75, 3.05) is 7.11 Å². The van der Waals surface area contributed by atoms with E-state index in [9.17, 15) is 0 Å². The Morgan fingerprint density at radius 3 is 2.19 bits per heavy atom.